The highest BCUT2D eigenvalue weighted by molar-refractivity contribution is 6.12. The van der Waals surface area contributed by atoms with E-state index in [4.69, 9.17) is 10.5 Å². The minimum absolute atomic E-state index is 0.0360. The van der Waals surface area contributed by atoms with Gasteiger partial charge in [0.1, 0.15) is 23.2 Å². The van der Waals surface area contributed by atoms with Crippen molar-refractivity contribution in [3.8, 4) is 0 Å². The lowest BCUT2D eigenvalue weighted by atomic mass is 9.80. The van der Waals surface area contributed by atoms with E-state index in [1.807, 2.05) is 4.90 Å². The molecule has 224 valence electrons. The fourth-order valence-corrected chi connectivity index (χ4v) is 7.20. The molecule has 1 unspecified atom stereocenters. The average Bonchev–Trinajstić information content (AvgIpc) is 3.63. The van der Waals surface area contributed by atoms with Crippen LogP contribution in [0.15, 0.2) is 12.4 Å². The Balaban J connectivity index is 1.24. The van der Waals surface area contributed by atoms with Gasteiger partial charge in [0.25, 0.3) is 5.91 Å². The van der Waals surface area contributed by atoms with Gasteiger partial charge < -0.3 is 26.0 Å². The summed E-state index contributed by atoms with van der Waals surface area (Å²) in [6, 6.07) is 0.404. The normalized spacial score (nSPS) is 25.5. The van der Waals surface area contributed by atoms with Crippen LogP contribution in [0.2, 0.25) is 0 Å². The number of anilines is 4. The number of alkyl halides is 1. The molecular formula is C29H42F2N8O2. The lowest BCUT2D eigenvalue weighted by molar-refractivity contribution is 0.0721. The van der Waals surface area contributed by atoms with Crippen molar-refractivity contribution in [2.45, 2.75) is 82.0 Å². The van der Waals surface area contributed by atoms with Crippen molar-refractivity contribution in [1.29, 1.82) is 0 Å². The summed E-state index contributed by atoms with van der Waals surface area (Å²) >= 11 is 0. The monoisotopic (exact) mass is 572 g/mol. The van der Waals surface area contributed by atoms with Crippen molar-refractivity contribution in [1.82, 2.24) is 19.7 Å². The number of aromatic nitrogens is 3. The first kappa shape index (κ1) is 28.1. The van der Waals surface area contributed by atoms with Crippen LogP contribution in [-0.2, 0) is 10.3 Å². The number of nitrogens with two attached hydrogens (primary N) is 1. The number of hydrogen-bond acceptors (Lipinski definition) is 8. The third-order valence-corrected chi connectivity index (χ3v) is 9.49. The highest BCUT2D eigenvalue weighted by Gasteiger charge is 2.47. The number of nitrogen functional groups attached to an aromatic ring is 1. The van der Waals surface area contributed by atoms with E-state index in [1.54, 1.807) is 4.68 Å². The number of piperazine rings is 1. The maximum atomic E-state index is 15.7. The van der Waals surface area contributed by atoms with Gasteiger partial charge >= 0.3 is 0 Å². The summed E-state index contributed by atoms with van der Waals surface area (Å²) in [6.45, 7) is 4.41. The number of carbonyl (C=O) groups is 1. The number of hydrogen-bond donors (Lipinski definition) is 3. The summed E-state index contributed by atoms with van der Waals surface area (Å²) in [7, 11) is 0. The quantitative estimate of drug-likeness (QED) is 0.501. The first-order valence-electron chi connectivity index (χ1n) is 15.3. The third kappa shape index (κ3) is 5.48. The molecule has 0 bridgehead atoms. The van der Waals surface area contributed by atoms with E-state index in [0.29, 0.717) is 43.5 Å². The molecule has 4 aliphatic rings. The number of carbonyl (C=O) groups excluding carboxylic acids is 1. The Morgan fingerprint density at radius 2 is 1.78 bits per heavy atom. The number of nitrogens with zero attached hydrogens (tertiary/aromatic N) is 5. The number of pyridine rings is 1. The molecule has 2 atom stereocenters. The summed E-state index contributed by atoms with van der Waals surface area (Å²) in [4.78, 5) is 22.1. The molecule has 41 heavy (non-hydrogen) atoms. The molecule has 6 rings (SSSR count). The lowest BCUT2D eigenvalue weighted by Crippen LogP contribution is -2.51. The van der Waals surface area contributed by atoms with Gasteiger partial charge in [0.15, 0.2) is 11.6 Å². The Morgan fingerprint density at radius 1 is 1.07 bits per heavy atom. The Morgan fingerprint density at radius 3 is 2.46 bits per heavy atom. The average molecular weight is 573 g/mol. The predicted octanol–water partition coefficient (Wildman–Crippen LogP) is 4.15. The maximum absolute atomic E-state index is 15.7. The van der Waals surface area contributed by atoms with E-state index in [0.717, 1.165) is 71.2 Å². The van der Waals surface area contributed by atoms with E-state index in [-0.39, 0.29) is 23.6 Å². The highest BCUT2D eigenvalue weighted by atomic mass is 19.1. The van der Waals surface area contributed by atoms with Crippen molar-refractivity contribution in [3.63, 3.8) is 0 Å². The molecule has 1 spiro atoms. The van der Waals surface area contributed by atoms with Gasteiger partial charge in [-0.15, -0.1) is 0 Å². The van der Waals surface area contributed by atoms with Gasteiger partial charge in [-0.25, -0.2) is 13.5 Å². The smallest absolute Gasteiger partial charge is 0.263 e. The summed E-state index contributed by atoms with van der Waals surface area (Å²) in [6.07, 6.45) is 11.3. The molecule has 3 fully saturated rings. The minimum Gasteiger partial charge on any atom is -0.381 e. The molecule has 12 heteroatoms. The molecule has 4 N–H and O–H groups in total. The molecule has 0 aromatic carbocycles. The minimum atomic E-state index is -1.14. The molecule has 0 radical (unpaired) electrons. The molecule has 2 saturated heterocycles. The van der Waals surface area contributed by atoms with Crippen LogP contribution in [0.25, 0.3) is 0 Å². The summed E-state index contributed by atoms with van der Waals surface area (Å²) < 4.78 is 38.1. The van der Waals surface area contributed by atoms with Gasteiger partial charge in [-0.05, 0) is 19.3 Å². The molecule has 5 heterocycles. The molecular weight excluding hydrogens is 530 g/mol. The van der Waals surface area contributed by atoms with Crippen LogP contribution in [0.4, 0.5) is 31.8 Å². The first-order chi connectivity index (χ1) is 20.0. The predicted molar refractivity (Wildman–Crippen MR) is 155 cm³/mol. The van der Waals surface area contributed by atoms with Gasteiger partial charge in [-0.1, -0.05) is 44.9 Å². The van der Waals surface area contributed by atoms with Gasteiger partial charge in [-0.2, -0.15) is 5.10 Å². The zero-order valence-electron chi connectivity index (χ0n) is 23.7. The number of halogens is 2. The zero-order valence-corrected chi connectivity index (χ0v) is 23.7. The number of fused-ring (bicyclic) bond motifs is 2. The molecule has 2 aromatic heterocycles. The van der Waals surface area contributed by atoms with Gasteiger partial charge in [0.05, 0.1) is 30.2 Å². The molecule has 1 saturated carbocycles. The van der Waals surface area contributed by atoms with Crippen LogP contribution >= 0.6 is 0 Å². The molecule has 2 aromatic rings. The van der Waals surface area contributed by atoms with Crippen LogP contribution in [0.1, 0.15) is 74.6 Å². The van der Waals surface area contributed by atoms with Crippen molar-refractivity contribution in [3.05, 3.63) is 23.8 Å². The lowest BCUT2D eigenvalue weighted by Gasteiger charge is -2.42. The second-order valence-corrected chi connectivity index (χ2v) is 12.0. The topological polar surface area (TPSA) is 114 Å². The number of rotatable bonds is 4. The van der Waals surface area contributed by atoms with Gasteiger partial charge in [0.2, 0.25) is 0 Å². The summed E-state index contributed by atoms with van der Waals surface area (Å²) in [5, 5.41) is 10.5. The zero-order chi connectivity index (χ0) is 28.4. The Bertz CT molecular complexity index is 1220. The highest BCUT2D eigenvalue weighted by Crippen LogP contribution is 2.43. The second-order valence-electron chi connectivity index (χ2n) is 12.0. The van der Waals surface area contributed by atoms with E-state index in [2.05, 4.69) is 25.6 Å². The largest absolute Gasteiger partial charge is 0.381 e. The fourth-order valence-electron chi connectivity index (χ4n) is 7.20. The summed E-state index contributed by atoms with van der Waals surface area (Å²) in [5.41, 5.74) is 6.27. The van der Waals surface area contributed by atoms with Crippen molar-refractivity contribution in [2.24, 2.45) is 0 Å². The number of nitrogens with one attached hydrogen (secondary N) is 2. The van der Waals surface area contributed by atoms with Crippen LogP contribution in [0.3, 0.4) is 0 Å². The SMILES string of the molecule is Nc1nn2c(c1C(=O)Nc1cncc(F)c1N1CCN([C@H]3CCOC3)CC1)NCC(F)C21CCCCCCCCC1. The Labute approximate surface area is 240 Å². The van der Waals surface area contributed by atoms with Crippen LogP contribution < -0.4 is 21.3 Å². The number of ether oxygens (including phenoxy) is 1. The molecule has 1 amide bonds. The first-order valence-corrected chi connectivity index (χ1v) is 15.3. The molecule has 1 aliphatic carbocycles. The molecule has 10 nitrogen and oxygen atoms in total. The van der Waals surface area contributed by atoms with Crippen LogP contribution in [-0.4, -0.2) is 83.7 Å². The van der Waals surface area contributed by atoms with Gasteiger partial charge in [-0.3, -0.25) is 14.7 Å². The van der Waals surface area contributed by atoms with E-state index < -0.39 is 23.4 Å². The maximum Gasteiger partial charge on any atom is 0.263 e. The van der Waals surface area contributed by atoms with E-state index >= 15 is 8.78 Å². The third-order valence-electron chi connectivity index (χ3n) is 9.49. The standard InChI is InChI=1S/C29H42F2N8O2/c30-21-16-33-17-22(25(21)38-13-11-37(12-14-38)20-8-15-41-19-20)35-28(40)24-26(32)36-39-27(24)34-18-23(31)29(39)9-6-4-2-1-3-5-7-10-29/h16-17,20,23,34H,1-15,18-19H2,(H2,32,36)(H,35,40)/t20-,23?/m0/s1. The van der Waals surface area contributed by atoms with Crippen molar-refractivity contribution >= 4 is 28.9 Å². The van der Waals surface area contributed by atoms with Crippen LogP contribution in [0.5, 0.6) is 0 Å². The van der Waals surface area contributed by atoms with Gasteiger partial charge in [0, 0.05) is 45.4 Å². The second kappa shape index (κ2) is 12.1. The number of amides is 1. The summed E-state index contributed by atoms with van der Waals surface area (Å²) in [5.74, 6) is -0.540. The fraction of sp³-hybridized carbons (Fsp3) is 0.690. The Hall–Kier alpha value is -2.99. The van der Waals surface area contributed by atoms with E-state index in [9.17, 15) is 4.79 Å². The van der Waals surface area contributed by atoms with Crippen molar-refractivity contribution < 1.29 is 18.3 Å². The van der Waals surface area contributed by atoms with E-state index in [1.165, 1.54) is 18.8 Å². The Kier molecular flexibility index (Phi) is 8.30. The van der Waals surface area contributed by atoms with Crippen molar-refractivity contribution in [2.75, 3.05) is 67.2 Å². The van der Waals surface area contributed by atoms with Crippen LogP contribution in [0, 0.1) is 5.82 Å². The molecule has 3 aliphatic heterocycles.